The molecule has 0 spiro atoms. The first kappa shape index (κ1) is 13.9. The molecular weight excluding hydrogens is 281 g/mol. The van der Waals surface area contributed by atoms with Crippen LogP contribution in [0.25, 0.3) is 0 Å². The van der Waals surface area contributed by atoms with Gasteiger partial charge in [-0.2, -0.15) is 18.3 Å². The molecule has 3 heterocycles. The zero-order valence-electron chi connectivity index (χ0n) is 11.3. The highest BCUT2D eigenvalue weighted by Gasteiger charge is 2.31. The third-order valence-corrected chi connectivity index (χ3v) is 3.69. The first-order valence-corrected chi connectivity index (χ1v) is 6.81. The van der Waals surface area contributed by atoms with Crippen molar-refractivity contribution in [3.63, 3.8) is 0 Å². The number of hydrogen-bond acceptors (Lipinski definition) is 3. The molecule has 1 aliphatic rings. The summed E-state index contributed by atoms with van der Waals surface area (Å²) >= 11 is 0. The molecule has 0 N–H and O–H groups in total. The molecule has 7 heteroatoms. The smallest absolute Gasteiger partial charge is 0.354 e. The van der Waals surface area contributed by atoms with Gasteiger partial charge < -0.3 is 4.90 Å². The van der Waals surface area contributed by atoms with E-state index in [0.717, 1.165) is 31.6 Å². The number of hydrogen-bond donors (Lipinski definition) is 0. The van der Waals surface area contributed by atoms with E-state index in [4.69, 9.17) is 0 Å². The monoisotopic (exact) mass is 296 g/mol. The minimum atomic E-state index is -4.34. The fourth-order valence-corrected chi connectivity index (χ4v) is 2.62. The minimum absolute atomic E-state index is 0.234. The Morgan fingerprint density at radius 3 is 2.71 bits per heavy atom. The number of pyridine rings is 1. The van der Waals surface area contributed by atoms with Gasteiger partial charge in [-0.05, 0) is 31.0 Å². The van der Waals surface area contributed by atoms with E-state index in [1.807, 2.05) is 21.8 Å². The van der Waals surface area contributed by atoms with E-state index in [-0.39, 0.29) is 6.04 Å². The number of nitrogens with zero attached hydrogens (tertiary/aromatic N) is 4. The lowest BCUT2D eigenvalue weighted by Crippen LogP contribution is -2.37. The summed E-state index contributed by atoms with van der Waals surface area (Å²) in [6, 6.07) is 4.63. The van der Waals surface area contributed by atoms with E-state index in [9.17, 15) is 13.2 Å². The second-order valence-corrected chi connectivity index (χ2v) is 5.13. The Labute approximate surface area is 120 Å². The van der Waals surface area contributed by atoms with Gasteiger partial charge in [-0.25, -0.2) is 4.98 Å². The molecule has 2 aromatic rings. The molecule has 0 aromatic carbocycles. The van der Waals surface area contributed by atoms with Gasteiger partial charge in [0.1, 0.15) is 5.82 Å². The molecule has 112 valence electrons. The van der Waals surface area contributed by atoms with Gasteiger partial charge in [0.15, 0.2) is 0 Å². The van der Waals surface area contributed by atoms with Crippen LogP contribution in [0.3, 0.4) is 0 Å². The van der Waals surface area contributed by atoms with E-state index in [0.29, 0.717) is 12.4 Å². The normalized spacial score (nSPS) is 19.8. The number of anilines is 1. The summed E-state index contributed by atoms with van der Waals surface area (Å²) in [5.41, 5.74) is -0.716. The molecule has 1 unspecified atom stereocenters. The number of rotatable bonds is 2. The third-order valence-electron chi connectivity index (χ3n) is 3.69. The Balaban J connectivity index is 1.74. The highest BCUT2D eigenvalue weighted by atomic mass is 19.4. The highest BCUT2D eigenvalue weighted by Crippen LogP contribution is 2.30. The van der Waals surface area contributed by atoms with E-state index in [1.165, 1.54) is 6.07 Å². The largest absolute Gasteiger partial charge is 0.417 e. The summed E-state index contributed by atoms with van der Waals surface area (Å²) in [6.45, 7) is 1.51. The Hall–Kier alpha value is -2.05. The Bertz CT molecular complexity index is 577. The fraction of sp³-hybridized carbons (Fsp3) is 0.429. The molecule has 0 amide bonds. The SMILES string of the molecule is FC(F)(F)c1ccc(N2CCCC(n3cccn3)C2)nc1. The van der Waals surface area contributed by atoms with Gasteiger partial charge >= 0.3 is 6.18 Å². The Morgan fingerprint density at radius 2 is 2.10 bits per heavy atom. The molecule has 1 saturated heterocycles. The highest BCUT2D eigenvalue weighted by molar-refractivity contribution is 5.40. The predicted molar refractivity (Wildman–Crippen MR) is 72.0 cm³/mol. The topological polar surface area (TPSA) is 34.0 Å². The van der Waals surface area contributed by atoms with E-state index < -0.39 is 11.7 Å². The van der Waals surface area contributed by atoms with Crippen LogP contribution in [0.15, 0.2) is 36.8 Å². The van der Waals surface area contributed by atoms with Crippen LogP contribution in [0, 0.1) is 0 Å². The number of alkyl halides is 3. The Kier molecular flexibility index (Phi) is 3.57. The molecule has 4 nitrogen and oxygen atoms in total. The minimum Gasteiger partial charge on any atom is -0.354 e. The van der Waals surface area contributed by atoms with Crippen molar-refractivity contribution in [1.29, 1.82) is 0 Å². The number of piperidine rings is 1. The molecule has 0 aliphatic carbocycles. The van der Waals surface area contributed by atoms with Gasteiger partial charge in [0, 0.05) is 31.7 Å². The molecule has 0 bridgehead atoms. The summed E-state index contributed by atoms with van der Waals surface area (Å²) in [5, 5.41) is 4.24. The van der Waals surface area contributed by atoms with Crippen molar-refractivity contribution < 1.29 is 13.2 Å². The van der Waals surface area contributed by atoms with Crippen molar-refractivity contribution in [2.45, 2.75) is 25.1 Å². The van der Waals surface area contributed by atoms with Crippen molar-refractivity contribution >= 4 is 5.82 Å². The molecule has 0 saturated carbocycles. The average Bonchev–Trinajstić information content (AvgIpc) is 3.01. The first-order chi connectivity index (χ1) is 10.0. The molecule has 1 atom stereocenters. The van der Waals surface area contributed by atoms with Gasteiger partial charge in [-0.15, -0.1) is 0 Å². The maximum atomic E-state index is 12.5. The standard InChI is InChI=1S/C14H15F3N4/c15-14(16,17)11-4-5-13(18-9-11)20-7-1-3-12(10-20)21-8-2-6-19-21/h2,4-6,8-9,12H,1,3,7,10H2. The van der Waals surface area contributed by atoms with E-state index in [2.05, 4.69) is 10.1 Å². The van der Waals surface area contributed by atoms with Crippen LogP contribution >= 0.6 is 0 Å². The summed E-state index contributed by atoms with van der Waals surface area (Å²) in [6.07, 6.45) is 2.17. The molecule has 1 aliphatic heterocycles. The third kappa shape index (κ3) is 3.01. The van der Waals surface area contributed by atoms with Gasteiger partial charge in [0.05, 0.1) is 11.6 Å². The molecular formula is C14H15F3N4. The lowest BCUT2D eigenvalue weighted by molar-refractivity contribution is -0.137. The van der Waals surface area contributed by atoms with E-state index in [1.54, 1.807) is 6.20 Å². The van der Waals surface area contributed by atoms with Crippen molar-refractivity contribution in [1.82, 2.24) is 14.8 Å². The second kappa shape index (κ2) is 5.38. The average molecular weight is 296 g/mol. The summed E-state index contributed by atoms with van der Waals surface area (Å²) < 4.78 is 39.5. The second-order valence-electron chi connectivity index (χ2n) is 5.13. The van der Waals surface area contributed by atoms with Crippen molar-refractivity contribution in [3.8, 4) is 0 Å². The van der Waals surface area contributed by atoms with Crippen LogP contribution in [0.2, 0.25) is 0 Å². The zero-order chi connectivity index (χ0) is 14.9. The van der Waals surface area contributed by atoms with Crippen molar-refractivity contribution in [2.75, 3.05) is 18.0 Å². The van der Waals surface area contributed by atoms with Crippen LogP contribution in [0.4, 0.5) is 19.0 Å². The quantitative estimate of drug-likeness (QED) is 0.854. The van der Waals surface area contributed by atoms with Crippen LogP contribution in [0.1, 0.15) is 24.4 Å². The number of aromatic nitrogens is 3. The zero-order valence-corrected chi connectivity index (χ0v) is 11.3. The lowest BCUT2D eigenvalue weighted by atomic mass is 10.1. The van der Waals surface area contributed by atoms with Crippen LogP contribution in [0.5, 0.6) is 0 Å². The van der Waals surface area contributed by atoms with Gasteiger partial charge in [-0.3, -0.25) is 4.68 Å². The molecule has 2 aromatic heterocycles. The first-order valence-electron chi connectivity index (χ1n) is 6.81. The van der Waals surface area contributed by atoms with Gasteiger partial charge in [-0.1, -0.05) is 0 Å². The molecule has 0 radical (unpaired) electrons. The van der Waals surface area contributed by atoms with Gasteiger partial charge in [0.2, 0.25) is 0 Å². The summed E-state index contributed by atoms with van der Waals surface area (Å²) in [4.78, 5) is 5.97. The van der Waals surface area contributed by atoms with E-state index >= 15 is 0 Å². The van der Waals surface area contributed by atoms with Crippen molar-refractivity contribution in [2.24, 2.45) is 0 Å². The molecule has 21 heavy (non-hydrogen) atoms. The van der Waals surface area contributed by atoms with Crippen LogP contribution < -0.4 is 4.90 Å². The summed E-state index contributed by atoms with van der Waals surface area (Å²) in [7, 11) is 0. The maximum Gasteiger partial charge on any atom is 0.417 e. The fourth-order valence-electron chi connectivity index (χ4n) is 2.62. The van der Waals surface area contributed by atoms with Crippen LogP contribution in [-0.4, -0.2) is 27.9 Å². The van der Waals surface area contributed by atoms with Crippen molar-refractivity contribution in [3.05, 3.63) is 42.4 Å². The molecule has 1 fully saturated rings. The summed E-state index contributed by atoms with van der Waals surface area (Å²) in [5.74, 6) is 0.583. The predicted octanol–water partition coefficient (Wildman–Crippen LogP) is 3.14. The Morgan fingerprint density at radius 1 is 1.24 bits per heavy atom. The maximum absolute atomic E-state index is 12.5. The molecule has 3 rings (SSSR count). The van der Waals surface area contributed by atoms with Crippen LogP contribution in [-0.2, 0) is 6.18 Å². The lowest BCUT2D eigenvalue weighted by Gasteiger charge is -2.33. The van der Waals surface area contributed by atoms with Gasteiger partial charge in [0.25, 0.3) is 0 Å². The number of halogens is 3.